The second-order valence-corrected chi connectivity index (χ2v) is 5.61. The minimum absolute atomic E-state index is 0.188. The molecule has 0 bridgehead atoms. The predicted molar refractivity (Wildman–Crippen MR) is 82.0 cm³/mol. The molecule has 0 aliphatic carbocycles. The largest absolute Gasteiger partial charge is 0.309 e. The lowest BCUT2D eigenvalue weighted by Gasteiger charge is -2.23. The molecule has 0 aromatic heterocycles. The van der Waals surface area contributed by atoms with Gasteiger partial charge in [-0.1, -0.05) is 48.0 Å². The first-order valence-electron chi connectivity index (χ1n) is 7.10. The molecule has 0 N–H and O–H groups in total. The van der Waals surface area contributed by atoms with E-state index in [4.69, 9.17) is 0 Å². The summed E-state index contributed by atoms with van der Waals surface area (Å²) in [4.78, 5) is 14.6. The fourth-order valence-electron chi connectivity index (χ4n) is 3.03. The van der Waals surface area contributed by atoms with Crippen LogP contribution in [-0.4, -0.2) is 11.9 Å². The molecule has 0 spiro atoms. The Bertz CT molecular complexity index is 647. The van der Waals surface area contributed by atoms with Crippen LogP contribution in [0.25, 0.3) is 0 Å². The molecule has 0 radical (unpaired) electrons. The van der Waals surface area contributed by atoms with Gasteiger partial charge in [0.25, 0.3) is 0 Å². The molecule has 3 rings (SSSR count). The van der Waals surface area contributed by atoms with Gasteiger partial charge in [0.15, 0.2) is 0 Å². The highest BCUT2D eigenvalue weighted by molar-refractivity contribution is 5.97. The molecule has 0 saturated heterocycles. The van der Waals surface area contributed by atoms with Crippen LogP contribution >= 0.6 is 0 Å². The van der Waals surface area contributed by atoms with Crippen LogP contribution in [0.15, 0.2) is 48.5 Å². The lowest BCUT2D eigenvalue weighted by molar-refractivity contribution is -0.118. The molecule has 20 heavy (non-hydrogen) atoms. The van der Waals surface area contributed by atoms with E-state index in [1.807, 2.05) is 35.2 Å². The zero-order valence-electron chi connectivity index (χ0n) is 12.0. The minimum Gasteiger partial charge on any atom is -0.309 e. The van der Waals surface area contributed by atoms with Crippen molar-refractivity contribution >= 4 is 11.6 Å². The number of hydrogen-bond acceptors (Lipinski definition) is 1. The van der Waals surface area contributed by atoms with Crippen LogP contribution in [0.3, 0.4) is 0 Å². The highest BCUT2D eigenvalue weighted by Gasteiger charge is 2.30. The van der Waals surface area contributed by atoms with Gasteiger partial charge in [0.1, 0.15) is 0 Å². The molecule has 1 aliphatic rings. The van der Waals surface area contributed by atoms with Gasteiger partial charge in [0, 0.05) is 11.7 Å². The second kappa shape index (κ2) is 5.12. The molecule has 1 heterocycles. The van der Waals surface area contributed by atoms with E-state index >= 15 is 0 Å². The normalized spacial score (nSPS) is 17.1. The maximum absolute atomic E-state index is 12.6. The standard InChI is InChI=1S/C18H19NO/c1-13-6-5-7-15(10-13)12-18(20)19-14(2)11-16-8-3-4-9-17(16)19/h3-10,14H,11-12H2,1-2H3. The van der Waals surface area contributed by atoms with Gasteiger partial charge in [-0.2, -0.15) is 0 Å². The van der Waals surface area contributed by atoms with Gasteiger partial charge in [-0.15, -0.1) is 0 Å². The average Bonchev–Trinajstić information content (AvgIpc) is 2.74. The Morgan fingerprint density at radius 1 is 1.20 bits per heavy atom. The number of benzene rings is 2. The third kappa shape index (κ3) is 2.34. The van der Waals surface area contributed by atoms with Crippen molar-refractivity contribution < 1.29 is 4.79 Å². The zero-order chi connectivity index (χ0) is 14.1. The van der Waals surface area contributed by atoms with E-state index < -0.39 is 0 Å². The number of carbonyl (C=O) groups is 1. The third-order valence-corrected chi connectivity index (χ3v) is 3.91. The van der Waals surface area contributed by atoms with Crippen molar-refractivity contribution in [3.8, 4) is 0 Å². The summed E-state index contributed by atoms with van der Waals surface area (Å²) >= 11 is 0. The van der Waals surface area contributed by atoms with Crippen molar-refractivity contribution in [1.82, 2.24) is 0 Å². The Labute approximate surface area is 120 Å². The van der Waals surface area contributed by atoms with Gasteiger partial charge in [0.2, 0.25) is 5.91 Å². The first-order chi connectivity index (χ1) is 9.65. The summed E-state index contributed by atoms with van der Waals surface area (Å²) in [5.41, 5.74) is 4.65. The summed E-state index contributed by atoms with van der Waals surface area (Å²) in [6, 6.07) is 16.6. The van der Waals surface area contributed by atoms with Gasteiger partial charge in [-0.05, 0) is 37.5 Å². The SMILES string of the molecule is Cc1cccc(CC(=O)N2c3ccccc3CC2C)c1. The molecular weight excluding hydrogens is 246 g/mol. The minimum atomic E-state index is 0.188. The summed E-state index contributed by atoms with van der Waals surface area (Å²) in [7, 11) is 0. The second-order valence-electron chi connectivity index (χ2n) is 5.61. The van der Waals surface area contributed by atoms with Crippen molar-refractivity contribution in [2.45, 2.75) is 32.7 Å². The van der Waals surface area contributed by atoms with E-state index in [2.05, 4.69) is 32.0 Å². The number of anilines is 1. The quantitative estimate of drug-likeness (QED) is 0.813. The Balaban J connectivity index is 1.84. The topological polar surface area (TPSA) is 20.3 Å². The number of aryl methyl sites for hydroxylation is 1. The van der Waals surface area contributed by atoms with Crippen LogP contribution in [0.4, 0.5) is 5.69 Å². The Morgan fingerprint density at radius 2 is 2.00 bits per heavy atom. The molecule has 102 valence electrons. The lowest BCUT2D eigenvalue weighted by Crippen LogP contribution is -2.36. The monoisotopic (exact) mass is 265 g/mol. The van der Waals surface area contributed by atoms with Crippen LogP contribution < -0.4 is 4.90 Å². The number of nitrogens with zero attached hydrogens (tertiary/aromatic N) is 1. The Hall–Kier alpha value is -2.09. The molecule has 1 aliphatic heterocycles. The van der Waals surface area contributed by atoms with Gasteiger partial charge >= 0.3 is 0 Å². The zero-order valence-corrected chi connectivity index (χ0v) is 12.0. The number of hydrogen-bond donors (Lipinski definition) is 0. The lowest BCUT2D eigenvalue weighted by atomic mass is 10.1. The summed E-state index contributed by atoms with van der Waals surface area (Å²) in [5, 5.41) is 0. The van der Waals surface area contributed by atoms with Crippen molar-refractivity contribution in [3.05, 3.63) is 65.2 Å². The molecule has 1 unspecified atom stereocenters. The maximum atomic E-state index is 12.6. The maximum Gasteiger partial charge on any atom is 0.231 e. The summed E-state index contributed by atoms with van der Waals surface area (Å²) in [6.45, 7) is 4.18. The van der Waals surface area contributed by atoms with Crippen LogP contribution in [0, 0.1) is 6.92 Å². The molecule has 2 aromatic rings. The molecule has 2 aromatic carbocycles. The van der Waals surface area contributed by atoms with Gasteiger partial charge in [0.05, 0.1) is 6.42 Å². The average molecular weight is 265 g/mol. The van der Waals surface area contributed by atoms with Crippen molar-refractivity contribution in [2.24, 2.45) is 0 Å². The predicted octanol–water partition coefficient (Wildman–Crippen LogP) is 3.52. The summed E-state index contributed by atoms with van der Waals surface area (Å²) in [5.74, 6) is 0.188. The number of fused-ring (bicyclic) bond motifs is 1. The van der Waals surface area contributed by atoms with E-state index in [0.29, 0.717) is 6.42 Å². The third-order valence-electron chi connectivity index (χ3n) is 3.91. The number of amides is 1. The number of carbonyl (C=O) groups excluding carboxylic acids is 1. The van der Waals surface area contributed by atoms with Gasteiger partial charge in [-0.3, -0.25) is 4.79 Å². The molecule has 1 amide bonds. The van der Waals surface area contributed by atoms with Crippen molar-refractivity contribution in [1.29, 1.82) is 0 Å². The number of para-hydroxylation sites is 1. The van der Waals surface area contributed by atoms with Gasteiger partial charge in [-0.25, -0.2) is 0 Å². The van der Waals surface area contributed by atoms with Crippen LogP contribution in [0.1, 0.15) is 23.6 Å². The highest BCUT2D eigenvalue weighted by atomic mass is 16.2. The van der Waals surface area contributed by atoms with Crippen LogP contribution in [0.2, 0.25) is 0 Å². The fraction of sp³-hybridized carbons (Fsp3) is 0.278. The van der Waals surface area contributed by atoms with E-state index in [1.54, 1.807) is 0 Å². The summed E-state index contributed by atoms with van der Waals surface area (Å²) in [6.07, 6.45) is 1.43. The van der Waals surface area contributed by atoms with E-state index in [-0.39, 0.29) is 11.9 Å². The molecule has 2 nitrogen and oxygen atoms in total. The molecule has 2 heteroatoms. The van der Waals surface area contributed by atoms with Gasteiger partial charge < -0.3 is 4.90 Å². The molecular formula is C18H19NO. The number of rotatable bonds is 2. The van der Waals surface area contributed by atoms with Crippen molar-refractivity contribution in [2.75, 3.05) is 4.90 Å². The first kappa shape index (κ1) is 12.9. The Kier molecular flexibility index (Phi) is 3.31. The van der Waals surface area contributed by atoms with E-state index in [9.17, 15) is 4.79 Å². The summed E-state index contributed by atoms with van der Waals surface area (Å²) < 4.78 is 0. The molecule has 1 atom stereocenters. The highest BCUT2D eigenvalue weighted by Crippen LogP contribution is 2.32. The van der Waals surface area contributed by atoms with E-state index in [0.717, 1.165) is 17.7 Å². The molecule has 0 saturated carbocycles. The Morgan fingerprint density at radius 3 is 2.80 bits per heavy atom. The smallest absolute Gasteiger partial charge is 0.231 e. The van der Waals surface area contributed by atoms with Crippen LogP contribution in [-0.2, 0) is 17.6 Å². The first-order valence-corrected chi connectivity index (χ1v) is 7.10. The molecule has 0 fully saturated rings. The fourth-order valence-corrected chi connectivity index (χ4v) is 3.03. The van der Waals surface area contributed by atoms with Crippen LogP contribution in [0.5, 0.6) is 0 Å². The van der Waals surface area contributed by atoms with Crippen molar-refractivity contribution in [3.63, 3.8) is 0 Å². The van der Waals surface area contributed by atoms with E-state index in [1.165, 1.54) is 11.1 Å².